The van der Waals surface area contributed by atoms with Crippen molar-refractivity contribution in [3.63, 3.8) is 0 Å². The van der Waals surface area contributed by atoms with Gasteiger partial charge in [0, 0.05) is 26.6 Å². The lowest BCUT2D eigenvalue weighted by Crippen LogP contribution is -2.13. The Balaban J connectivity index is 0.00000204. The molecule has 2 aromatic heterocycles. The SMILES string of the molecule is CC(C)S(=O)(=O)c1ccc(-c2cnc(N)c(-c3cc(-c4ccc(CN)cc4)no3)n2)cc1.[HH].[HH]. The fourth-order valence-electron chi connectivity index (χ4n) is 3.14. The summed E-state index contributed by atoms with van der Waals surface area (Å²) < 4.78 is 30.2. The van der Waals surface area contributed by atoms with E-state index in [0.29, 0.717) is 35.0 Å². The maximum absolute atomic E-state index is 12.3. The van der Waals surface area contributed by atoms with Crippen LogP contribution in [0.5, 0.6) is 0 Å². The number of nitrogens with zero attached hydrogens (tertiary/aromatic N) is 3. The summed E-state index contributed by atoms with van der Waals surface area (Å²) in [7, 11) is -3.35. The van der Waals surface area contributed by atoms with E-state index in [9.17, 15) is 8.42 Å². The van der Waals surface area contributed by atoms with Crippen molar-refractivity contribution in [1.29, 1.82) is 0 Å². The lowest BCUT2D eigenvalue weighted by molar-refractivity contribution is 0.434. The third kappa shape index (κ3) is 4.12. The molecule has 0 aliphatic carbocycles. The quantitative estimate of drug-likeness (QED) is 0.443. The molecule has 0 saturated heterocycles. The van der Waals surface area contributed by atoms with Gasteiger partial charge in [-0.3, -0.25) is 0 Å². The van der Waals surface area contributed by atoms with Crippen LogP contribution < -0.4 is 11.5 Å². The van der Waals surface area contributed by atoms with Crippen molar-refractivity contribution >= 4 is 15.7 Å². The molecular weight excluding hydrogens is 426 g/mol. The van der Waals surface area contributed by atoms with Gasteiger partial charge in [-0.25, -0.2) is 18.4 Å². The molecule has 2 heterocycles. The average molecular weight is 454 g/mol. The van der Waals surface area contributed by atoms with E-state index in [1.807, 2.05) is 24.3 Å². The van der Waals surface area contributed by atoms with E-state index in [4.69, 9.17) is 16.0 Å². The standard InChI is InChI=1S/C23H23N5O3S.2H2/c1-14(2)32(29,30)18-9-7-17(8-10-18)20-13-26-23(25)22(27-20)21-11-19(28-31-21)16-5-3-15(12-24)4-6-16;;/h3-11,13-14H,12,24H2,1-2H3,(H2,25,26);2*1H. The molecule has 0 atom stereocenters. The van der Waals surface area contributed by atoms with E-state index in [1.54, 1.807) is 44.2 Å². The largest absolute Gasteiger partial charge is 0.382 e. The van der Waals surface area contributed by atoms with Crippen molar-refractivity contribution in [2.24, 2.45) is 5.73 Å². The Kier molecular flexibility index (Phi) is 5.77. The maximum Gasteiger partial charge on any atom is 0.189 e. The molecule has 0 spiro atoms. The lowest BCUT2D eigenvalue weighted by atomic mass is 10.1. The molecule has 0 saturated carbocycles. The number of sulfone groups is 1. The second-order valence-corrected chi connectivity index (χ2v) is 10.1. The van der Waals surface area contributed by atoms with Crippen LogP contribution >= 0.6 is 0 Å². The normalized spacial score (nSPS) is 11.8. The van der Waals surface area contributed by atoms with Crippen LogP contribution in [0.3, 0.4) is 0 Å². The van der Waals surface area contributed by atoms with Gasteiger partial charge in [-0.2, -0.15) is 0 Å². The number of rotatable bonds is 6. The Morgan fingerprint density at radius 2 is 1.62 bits per heavy atom. The summed E-state index contributed by atoms with van der Waals surface area (Å²) in [5, 5.41) is 3.62. The van der Waals surface area contributed by atoms with E-state index in [1.165, 1.54) is 6.20 Å². The number of nitrogens with two attached hydrogens (primary N) is 2. The van der Waals surface area contributed by atoms with Gasteiger partial charge in [0.2, 0.25) is 0 Å². The molecule has 9 heteroatoms. The predicted octanol–water partition coefficient (Wildman–Crippen LogP) is 4.18. The molecule has 2 aromatic carbocycles. The smallest absolute Gasteiger partial charge is 0.189 e. The van der Waals surface area contributed by atoms with Crippen LogP contribution in [0.2, 0.25) is 0 Å². The highest BCUT2D eigenvalue weighted by Crippen LogP contribution is 2.30. The first kappa shape index (κ1) is 21.7. The summed E-state index contributed by atoms with van der Waals surface area (Å²) in [4.78, 5) is 9.08. The second-order valence-electron chi connectivity index (χ2n) is 7.58. The van der Waals surface area contributed by atoms with Crippen LogP contribution in [0.1, 0.15) is 22.3 Å². The van der Waals surface area contributed by atoms with Crippen molar-refractivity contribution in [1.82, 2.24) is 15.1 Å². The van der Waals surface area contributed by atoms with E-state index in [2.05, 4.69) is 15.1 Å². The molecule has 0 amide bonds. The molecular formula is C23H27N5O3S. The van der Waals surface area contributed by atoms with Gasteiger partial charge in [-0.05, 0) is 31.5 Å². The van der Waals surface area contributed by atoms with Crippen molar-refractivity contribution in [3.8, 4) is 34.0 Å². The molecule has 0 aliphatic heterocycles. The number of aromatic nitrogens is 3. The van der Waals surface area contributed by atoms with Crippen molar-refractivity contribution in [2.45, 2.75) is 30.5 Å². The van der Waals surface area contributed by atoms with E-state index < -0.39 is 15.1 Å². The molecule has 0 aliphatic rings. The molecule has 0 fully saturated rings. The minimum atomic E-state index is -3.35. The van der Waals surface area contributed by atoms with Crippen LogP contribution in [0, 0.1) is 0 Å². The summed E-state index contributed by atoms with van der Waals surface area (Å²) in [5.74, 6) is 0.586. The van der Waals surface area contributed by atoms with Gasteiger partial charge in [0.15, 0.2) is 27.1 Å². The summed E-state index contributed by atoms with van der Waals surface area (Å²) in [6, 6.07) is 16.0. The first-order chi connectivity index (χ1) is 15.3. The molecule has 4 aromatic rings. The molecule has 8 nitrogen and oxygen atoms in total. The fourth-order valence-corrected chi connectivity index (χ4v) is 4.20. The molecule has 0 radical (unpaired) electrons. The van der Waals surface area contributed by atoms with Gasteiger partial charge in [0.05, 0.1) is 22.0 Å². The zero-order chi connectivity index (χ0) is 22.9. The van der Waals surface area contributed by atoms with Crippen LogP contribution in [-0.4, -0.2) is 28.8 Å². The molecule has 168 valence electrons. The third-order valence-corrected chi connectivity index (χ3v) is 7.30. The molecule has 4 N–H and O–H groups in total. The highest BCUT2D eigenvalue weighted by molar-refractivity contribution is 7.92. The number of anilines is 1. The Hall–Kier alpha value is -3.56. The zero-order valence-electron chi connectivity index (χ0n) is 17.7. The predicted molar refractivity (Wildman–Crippen MR) is 127 cm³/mol. The minimum Gasteiger partial charge on any atom is -0.382 e. The van der Waals surface area contributed by atoms with E-state index in [0.717, 1.165) is 11.1 Å². The summed E-state index contributed by atoms with van der Waals surface area (Å²) in [6.45, 7) is 3.77. The molecule has 32 heavy (non-hydrogen) atoms. The van der Waals surface area contributed by atoms with Crippen LogP contribution in [0.4, 0.5) is 5.82 Å². The minimum absolute atomic E-state index is 0. The highest BCUT2D eigenvalue weighted by atomic mass is 32.2. The van der Waals surface area contributed by atoms with Gasteiger partial charge in [0.1, 0.15) is 5.69 Å². The van der Waals surface area contributed by atoms with Gasteiger partial charge in [0.25, 0.3) is 0 Å². The zero-order valence-corrected chi connectivity index (χ0v) is 18.5. The molecule has 0 unspecified atom stereocenters. The van der Waals surface area contributed by atoms with Crippen molar-refractivity contribution in [3.05, 3.63) is 66.4 Å². The van der Waals surface area contributed by atoms with Crippen LogP contribution in [0.25, 0.3) is 34.0 Å². The summed E-state index contributed by atoms with van der Waals surface area (Å²) >= 11 is 0. The number of hydrogen-bond acceptors (Lipinski definition) is 8. The van der Waals surface area contributed by atoms with Gasteiger partial charge in [-0.1, -0.05) is 41.6 Å². The van der Waals surface area contributed by atoms with Gasteiger partial charge in [-0.15, -0.1) is 0 Å². The van der Waals surface area contributed by atoms with Crippen LogP contribution in [-0.2, 0) is 16.4 Å². The lowest BCUT2D eigenvalue weighted by Gasteiger charge is -2.09. The maximum atomic E-state index is 12.3. The number of nitrogen functional groups attached to an aromatic ring is 1. The van der Waals surface area contributed by atoms with Gasteiger partial charge >= 0.3 is 0 Å². The van der Waals surface area contributed by atoms with E-state index in [-0.39, 0.29) is 13.6 Å². The number of benzene rings is 2. The Bertz CT molecular complexity index is 1360. The number of hydrogen-bond donors (Lipinski definition) is 2. The summed E-state index contributed by atoms with van der Waals surface area (Å²) in [5.41, 5.74) is 15.8. The average Bonchev–Trinajstić information content (AvgIpc) is 3.29. The Morgan fingerprint density at radius 1 is 1.00 bits per heavy atom. The van der Waals surface area contributed by atoms with Crippen molar-refractivity contribution < 1.29 is 15.8 Å². The van der Waals surface area contributed by atoms with Gasteiger partial charge < -0.3 is 16.0 Å². The fraction of sp³-hybridized carbons (Fsp3) is 0.174. The van der Waals surface area contributed by atoms with Crippen LogP contribution in [0.15, 0.2) is 70.2 Å². The Morgan fingerprint density at radius 3 is 2.25 bits per heavy atom. The second kappa shape index (κ2) is 8.52. The van der Waals surface area contributed by atoms with E-state index >= 15 is 0 Å². The monoisotopic (exact) mass is 453 g/mol. The first-order valence-corrected chi connectivity index (χ1v) is 11.6. The topological polar surface area (TPSA) is 138 Å². The third-order valence-electron chi connectivity index (χ3n) is 5.13. The van der Waals surface area contributed by atoms with Crippen molar-refractivity contribution in [2.75, 3.05) is 5.73 Å². The molecule has 0 bridgehead atoms. The summed E-state index contributed by atoms with van der Waals surface area (Å²) in [6.07, 6.45) is 1.54. The molecule has 4 rings (SSSR count). The highest BCUT2D eigenvalue weighted by Gasteiger charge is 2.20. The first-order valence-electron chi connectivity index (χ1n) is 10.0. The Labute approximate surface area is 189 Å².